The minimum atomic E-state index is -1.30. The van der Waals surface area contributed by atoms with Gasteiger partial charge in [0.15, 0.2) is 0 Å². The van der Waals surface area contributed by atoms with Crippen LogP contribution in [-0.2, 0) is 0 Å². The van der Waals surface area contributed by atoms with Crippen LogP contribution >= 0.6 is 0 Å². The van der Waals surface area contributed by atoms with Gasteiger partial charge in [-0.1, -0.05) is 97.6 Å². The maximum absolute atomic E-state index is 2.47. The Morgan fingerprint density at radius 1 is 0.545 bits per heavy atom. The summed E-state index contributed by atoms with van der Waals surface area (Å²) in [5.74, 6) is 0. The van der Waals surface area contributed by atoms with Crippen LogP contribution in [0, 0.1) is 0 Å². The molecular formula is C31H25NSi. The van der Waals surface area contributed by atoms with E-state index < -0.39 is 8.07 Å². The monoisotopic (exact) mass is 439 g/mol. The van der Waals surface area contributed by atoms with E-state index >= 15 is 0 Å². The van der Waals surface area contributed by atoms with Crippen LogP contribution in [-0.4, -0.2) is 12.5 Å². The van der Waals surface area contributed by atoms with Gasteiger partial charge in [0.05, 0.1) is 24.6 Å². The number of fused-ring (bicyclic) bond motifs is 8. The van der Waals surface area contributed by atoms with E-state index in [0.29, 0.717) is 0 Å². The van der Waals surface area contributed by atoms with Gasteiger partial charge < -0.3 is 4.40 Å². The van der Waals surface area contributed by atoms with Gasteiger partial charge in [-0.3, -0.25) is 0 Å². The number of aromatic nitrogens is 1. The molecule has 0 bridgehead atoms. The first-order chi connectivity index (χ1) is 16.0. The maximum Gasteiger partial charge on any atom is 0.0775 e. The summed E-state index contributed by atoms with van der Waals surface area (Å²) < 4.78 is 2.47. The van der Waals surface area contributed by atoms with Crippen LogP contribution in [0.25, 0.3) is 60.0 Å². The fraction of sp³-hybridized carbons (Fsp3) is 0.0968. The van der Waals surface area contributed by atoms with E-state index in [-0.39, 0.29) is 0 Å². The van der Waals surface area contributed by atoms with Crippen LogP contribution in [0.1, 0.15) is 0 Å². The third-order valence-electron chi connectivity index (χ3n) is 7.27. The first-order valence-corrected chi connectivity index (χ1v) is 15.2. The highest BCUT2D eigenvalue weighted by Crippen LogP contribution is 2.43. The van der Waals surface area contributed by atoms with Crippen LogP contribution in [0.15, 0.2) is 97.1 Å². The zero-order valence-electron chi connectivity index (χ0n) is 19.2. The smallest absolute Gasteiger partial charge is 0.0775 e. The summed E-state index contributed by atoms with van der Waals surface area (Å²) in [5.41, 5.74) is 6.49. The Bertz CT molecular complexity index is 1830. The van der Waals surface area contributed by atoms with E-state index in [1.807, 2.05) is 0 Å². The van der Waals surface area contributed by atoms with Gasteiger partial charge in [0.1, 0.15) is 0 Å². The minimum Gasteiger partial charge on any atom is -0.308 e. The number of rotatable bonds is 2. The molecule has 1 nitrogen and oxygen atoms in total. The Morgan fingerprint density at radius 3 is 2.00 bits per heavy atom. The van der Waals surface area contributed by atoms with Crippen molar-refractivity contribution >= 4 is 62.1 Å². The summed E-state index contributed by atoms with van der Waals surface area (Å²) in [6.45, 7) is 7.21. The fourth-order valence-corrected chi connectivity index (χ4v) is 6.75. The molecule has 33 heavy (non-hydrogen) atoms. The molecule has 0 spiro atoms. The van der Waals surface area contributed by atoms with Gasteiger partial charge in [-0.25, -0.2) is 0 Å². The summed E-state index contributed by atoms with van der Waals surface area (Å²) in [6, 6.07) is 36.3. The lowest BCUT2D eigenvalue weighted by Gasteiger charge is -2.16. The van der Waals surface area contributed by atoms with Crippen LogP contribution < -0.4 is 5.19 Å². The van der Waals surface area contributed by atoms with Gasteiger partial charge in [-0.2, -0.15) is 0 Å². The van der Waals surface area contributed by atoms with Gasteiger partial charge in [0.2, 0.25) is 0 Å². The van der Waals surface area contributed by atoms with Crippen molar-refractivity contribution in [2.45, 2.75) is 19.6 Å². The standard InChI is InChI=1S/C31H25NSi/c1-33(2,3)23-15-12-20(13-16-23)21-14-17-29-26(18-21)27-19-22-8-4-5-9-24(22)30-25-10-6-7-11-28(25)32(29)31(27)30/h4-19H,1-3H3. The average molecular weight is 440 g/mol. The van der Waals surface area contributed by atoms with Crippen molar-refractivity contribution in [2.24, 2.45) is 0 Å². The average Bonchev–Trinajstić information content (AvgIpc) is 3.34. The summed E-state index contributed by atoms with van der Waals surface area (Å²) in [5, 5.41) is 9.53. The Labute approximate surface area is 194 Å². The molecule has 0 saturated carbocycles. The van der Waals surface area contributed by atoms with Crippen molar-refractivity contribution in [3.63, 3.8) is 0 Å². The summed E-state index contributed by atoms with van der Waals surface area (Å²) >= 11 is 0. The minimum absolute atomic E-state index is 1.28. The highest BCUT2D eigenvalue weighted by Gasteiger charge is 2.20. The quantitative estimate of drug-likeness (QED) is 0.239. The van der Waals surface area contributed by atoms with Gasteiger partial charge in [-0.05, 0) is 46.2 Å². The number of nitrogens with zero attached hydrogens (tertiary/aromatic N) is 1. The van der Waals surface area contributed by atoms with Gasteiger partial charge in [-0.15, -0.1) is 0 Å². The van der Waals surface area contributed by atoms with Crippen molar-refractivity contribution in [1.82, 2.24) is 4.40 Å². The molecule has 2 aromatic heterocycles. The van der Waals surface area contributed by atoms with Crippen molar-refractivity contribution in [3.05, 3.63) is 97.1 Å². The second-order valence-electron chi connectivity index (χ2n) is 10.3. The van der Waals surface area contributed by atoms with Crippen molar-refractivity contribution in [3.8, 4) is 11.1 Å². The number of benzene rings is 5. The lowest BCUT2D eigenvalue weighted by Crippen LogP contribution is -2.37. The van der Waals surface area contributed by atoms with E-state index in [0.717, 1.165) is 0 Å². The second-order valence-corrected chi connectivity index (χ2v) is 15.4. The SMILES string of the molecule is C[Si](C)(C)c1ccc(-c2ccc3c(c2)c2cc4ccccc4c4c5ccccc5n3c24)cc1. The van der Waals surface area contributed by atoms with Crippen LogP contribution in [0.5, 0.6) is 0 Å². The predicted octanol–water partition coefficient (Wildman–Crippen LogP) is 8.20. The third-order valence-corrected chi connectivity index (χ3v) is 9.34. The topological polar surface area (TPSA) is 4.41 Å². The maximum atomic E-state index is 2.47. The Balaban J connectivity index is 1.58. The largest absolute Gasteiger partial charge is 0.308 e. The van der Waals surface area contributed by atoms with Gasteiger partial charge >= 0.3 is 0 Å². The third kappa shape index (κ3) is 2.59. The normalized spacial score (nSPS) is 12.7. The molecule has 0 fully saturated rings. The van der Waals surface area contributed by atoms with E-state index in [2.05, 4.69) is 121 Å². The van der Waals surface area contributed by atoms with Crippen LogP contribution in [0.4, 0.5) is 0 Å². The van der Waals surface area contributed by atoms with Crippen molar-refractivity contribution in [2.75, 3.05) is 0 Å². The first-order valence-electron chi connectivity index (χ1n) is 11.7. The molecule has 0 N–H and O–H groups in total. The Morgan fingerprint density at radius 2 is 1.21 bits per heavy atom. The van der Waals surface area contributed by atoms with E-state index in [4.69, 9.17) is 0 Å². The molecular weight excluding hydrogens is 414 g/mol. The summed E-state index contributed by atoms with van der Waals surface area (Å²) in [7, 11) is -1.30. The molecule has 0 atom stereocenters. The molecule has 7 rings (SSSR count). The summed E-state index contributed by atoms with van der Waals surface area (Å²) in [6.07, 6.45) is 0. The van der Waals surface area contributed by atoms with Crippen molar-refractivity contribution in [1.29, 1.82) is 0 Å². The zero-order chi connectivity index (χ0) is 22.3. The predicted molar refractivity (Wildman–Crippen MR) is 147 cm³/mol. The molecule has 2 heterocycles. The number of para-hydroxylation sites is 1. The lowest BCUT2D eigenvalue weighted by molar-refractivity contribution is 1.37. The summed E-state index contributed by atoms with van der Waals surface area (Å²) in [4.78, 5) is 0. The van der Waals surface area contributed by atoms with Gasteiger partial charge in [0, 0.05) is 21.5 Å². The fourth-order valence-electron chi connectivity index (χ4n) is 5.59. The molecule has 2 heteroatoms. The molecule has 0 aliphatic rings. The molecule has 0 saturated heterocycles. The molecule has 0 aliphatic carbocycles. The highest BCUT2D eigenvalue weighted by molar-refractivity contribution is 6.88. The first kappa shape index (κ1) is 18.9. The van der Waals surface area contributed by atoms with Gasteiger partial charge in [0.25, 0.3) is 0 Å². The Kier molecular flexibility index (Phi) is 3.70. The molecule has 7 aromatic rings. The van der Waals surface area contributed by atoms with Crippen LogP contribution in [0.3, 0.4) is 0 Å². The second kappa shape index (κ2) is 6.46. The highest BCUT2D eigenvalue weighted by atomic mass is 28.3. The van der Waals surface area contributed by atoms with E-state index in [1.165, 1.54) is 65.2 Å². The number of hydrogen-bond donors (Lipinski definition) is 0. The Hall–Kier alpha value is -3.62. The molecule has 0 aliphatic heterocycles. The van der Waals surface area contributed by atoms with E-state index in [9.17, 15) is 0 Å². The molecule has 0 amide bonds. The number of hydrogen-bond acceptors (Lipinski definition) is 0. The molecule has 158 valence electrons. The molecule has 5 aromatic carbocycles. The lowest BCUT2D eigenvalue weighted by atomic mass is 9.98. The van der Waals surface area contributed by atoms with Crippen LogP contribution in [0.2, 0.25) is 19.6 Å². The zero-order valence-corrected chi connectivity index (χ0v) is 20.2. The van der Waals surface area contributed by atoms with E-state index in [1.54, 1.807) is 0 Å². The van der Waals surface area contributed by atoms with Crippen molar-refractivity contribution < 1.29 is 0 Å². The molecule has 0 radical (unpaired) electrons. The molecule has 0 unspecified atom stereocenters.